The molecule has 146 valence electrons. The van der Waals surface area contributed by atoms with Crippen molar-refractivity contribution in [3.63, 3.8) is 0 Å². The molecule has 2 heterocycles. The number of anilines is 1. The lowest BCUT2D eigenvalue weighted by atomic mass is 10.1. The highest BCUT2D eigenvalue weighted by molar-refractivity contribution is 6.09. The molecule has 0 unspecified atom stereocenters. The van der Waals surface area contributed by atoms with Crippen molar-refractivity contribution in [1.82, 2.24) is 24.9 Å². The molecule has 0 spiro atoms. The molecule has 2 N–H and O–H groups in total. The van der Waals surface area contributed by atoms with E-state index in [1.54, 1.807) is 18.7 Å². The average molecular weight is 380 g/mol. The molecule has 28 heavy (non-hydrogen) atoms. The van der Waals surface area contributed by atoms with Crippen LogP contribution in [0.2, 0.25) is 0 Å². The minimum atomic E-state index is -0.324. The van der Waals surface area contributed by atoms with Crippen molar-refractivity contribution in [2.75, 3.05) is 11.9 Å². The lowest BCUT2D eigenvalue weighted by Crippen LogP contribution is -2.27. The van der Waals surface area contributed by atoms with E-state index in [9.17, 15) is 9.59 Å². The summed E-state index contributed by atoms with van der Waals surface area (Å²) in [5.74, 6) is -0.597. The molecule has 0 saturated carbocycles. The van der Waals surface area contributed by atoms with Crippen LogP contribution in [0.25, 0.3) is 5.69 Å². The lowest BCUT2D eigenvalue weighted by molar-refractivity contribution is 0.0945. The summed E-state index contributed by atoms with van der Waals surface area (Å²) < 4.78 is 3.19. The van der Waals surface area contributed by atoms with Crippen LogP contribution in [-0.4, -0.2) is 37.9 Å². The normalized spacial score (nSPS) is 10.7. The van der Waals surface area contributed by atoms with Gasteiger partial charge in [-0.25, -0.2) is 4.68 Å². The molecule has 0 saturated heterocycles. The first-order valence-electron chi connectivity index (χ1n) is 9.17. The van der Waals surface area contributed by atoms with Gasteiger partial charge < -0.3 is 10.6 Å². The molecule has 1 aromatic carbocycles. The van der Waals surface area contributed by atoms with E-state index in [1.165, 1.54) is 10.9 Å². The quantitative estimate of drug-likeness (QED) is 0.687. The Bertz CT molecular complexity index is 1000. The topological polar surface area (TPSA) is 93.8 Å². The summed E-state index contributed by atoms with van der Waals surface area (Å²) in [5, 5.41) is 14.2. The summed E-state index contributed by atoms with van der Waals surface area (Å²) in [7, 11) is 1.67. The van der Waals surface area contributed by atoms with Crippen LogP contribution in [0.4, 0.5) is 5.69 Å². The van der Waals surface area contributed by atoms with Crippen molar-refractivity contribution in [2.24, 2.45) is 7.05 Å². The van der Waals surface area contributed by atoms with Gasteiger partial charge in [0.05, 0.1) is 34.5 Å². The van der Waals surface area contributed by atoms with E-state index in [4.69, 9.17) is 0 Å². The molecule has 0 radical (unpaired) electrons. The van der Waals surface area contributed by atoms with Crippen LogP contribution in [-0.2, 0) is 7.05 Å². The number of para-hydroxylation sites is 1. The number of aryl methyl sites for hydroxylation is 2. The Kier molecular flexibility index (Phi) is 5.58. The van der Waals surface area contributed by atoms with Crippen LogP contribution < -0.4 is 10.6 Å². The minimum absolute atomic E-state index is 0.273. The summed E-state index contributed by atoms with van der Waals surface area (Å²) >= 11 is 0. The predicted octanol–water partition coefficient (Wildman–Crippen LogP) is 2.61. The molecule has 0 aliphatic carbocycles. The van der Waals surface area contributed by atoms with E-state index in [-0.39, 0.29) is 11.8 Å². The maximum absolute atomic E-state index is 13.0. The highest BCUT2D eigenvalue weighted by Gasteiger charge is 2.23. The van der Waals surface area contributed by atoms with E-state index in [1.807, 2.05) is 44.2 Å². The molecule has 8 nitrogen and oxygen atoms in total. The molecule has 0 fully saturated rings. The summed E-state index contributed by atoms with van der Waals surface area (Å²) in [5.41, 5.74) is 3.37. The van der Waals surface area contributed by atoms with E-state index in [0.717, 1.165) is 17.8 Å². The van der Waals surface area contributed by atoms with Crippen LogP contribution in [0.1, 0.15) is 45.6 Å². The van der Waals surface area contributed by atoms with E-state index in [2.05, 4.69) is 20.8 Å². The van der Waals surface area contributed by atoms with Gasteiger partial charge in [0.15, 0.2) is 0 Å². The number of benzene rings is 1. The highest BCUT2D eigenvalue weighted by atomic mass is 16.2. The van der Waals surface area contributed by atoms with E-state index in [0.29, 0.717) is 29.2 Å². The molecule has 0 aliphatic rings. The Morgan fingerprint density at radius 1 is 1.11 bits per heavy atom. The van der Waals surface area contributed by atoms with Crippen LogP contribution >= 0.6 is 0 Å². The molecule has 8 heteroatoms. The van der Waals surface area contributed by atoms with Crippen molar-refractivity contribution in [1.29, 1.82) is 0 Å². The second kappa shape index (κ2) is 8.08. The SMILES string of the molecule is CCCNC(=O)c1c(NC(=O)c2c(C)nn(-c3ccccc3)c2C)cnn1C. The van der Waals surface area contributed by atoms with E-state index < -0.39 is 0 Å². The van der Waals surface area contributed by atoms with Gasteiger partial charge >= 0.3 is 0 Å². The average Bonchev–Trinajstić information content (AvgIpc) is 3.19. The maximum atomic E-state index is 13.0. The Balaban J connectivity index is 1.89. The maximum Gasteiger partial charge on any atom is 0.271 e. The molecule has 2 aromatic heterocycles. The van der Waals surface area contributed by atoms with Crippen molar-refractivity contribution >= 4 is 17.5 Å². The highest BCUT2D eigenvalue weighted by Crippen LogP contribution is 2.21. The Labute approximate surface area is 163 Å². The van der Waals surface area contributed by atoms with Gasteiger partial charge in [-0.3, -0.25) is 14.3 Å². The fraction of sp³-hybridized carbons (Fsp3) is 0.300. The largest absolute Gasteiger partial charge is 0.351 e. The summed E-state index contributed by atoms with van der Waals surface area (Å²) in [6.45, 7) is 6.17. The summed E-state index contributed by atoms with van der Waals surface area (Å²) in [6.07, 6.45) is 2.30. The van der Waals surface area contributed by atoms with E-state index >= 15 is 0 Å². The van der Waals surface area contributed by atoms with Gasteiger partial charge in [0.25, 0.3) is 11.8 Å². The van der Waals surface area contributed by atoms with Gasteiger partial charge in [-0.2, -0.15) is 10.2 Å². The molecule has 0 bridgehead atoms. The number of hydrogen-bond acceptors (Lipinski definition) is 4. The first-order valence-corrected chi connectivity index (χ1v) is 9.17. The summed E-state index contributed by atoms with van der Waals surface area (Å²) in [6, 6.07) is 9.62. The first kappa shape index (κ1) is 19.3. The first-order chi connectivity index (χ1) is 13.4. The standard InChI is InChI=1S/C20H24N6O2/c1-5-11-21-20(28)18-16(12-22-25(18)4)23-19(27)17-13(2)24-26(14(17)3)15-9-7-6-8-10-15/h6-10,12H,5,11H2,1-4H3,(H,21,28)(H,23,27). The van der Waals surface area contributed by atoms with Gasteiger partial charge in [0, 0.05) is 13.6 Å². The zero-order valence-corrected chi connectivity index (χ0v) is 16.5. The zero-order valence-electron chi connectivity index (χ0n) is 16.5. The van der Waals surface area contributed by atoms with Crippen LogP contribution in [0.5, 0.6) is 0 Å². The molecule has 3 rings (SSSR count). The smallest absolute Gasteiger partial charge is 0.271 e. The second-order valence-electron chi connectivity index (χ2n) is 6.53. The fourth-order valence-corrected chi connectivity index (χ4v) is 3.10. The third kappa shape index (κ3) is 3.66. The van der Waals surface area contributed by atoms with Crippen LogP contribution in [0.15, 0.2) is 36.5 Å². The number of nitrogens with zero attached hydrogens (tertiary/aromatic N) is 4. The number of nitrogens with one attached hydrogen (secondary N) is 2. The predicted molar refractivity (Wildman–Crippen MR) is 107 cm³/mol. The van der Waals surface area contributed by atoms with Crippen LogP contribution in [0, 0.1) is 13.8 Å². The van der Waals surface area contributed by atoms with Gasteiger partial charge in [-0.1, -0.05) is 25.1 Å². The second-order valence-corrected chi connectivity index (χ2v) is 6.53. The fourth-order valence-electron chi connectivity index (χ4n) is 3.10. The molecular formula is C20H24N6O2. The molecule has 2 amide bonds. The molecule has 3 aromatic rings. The van der Waals surface area contributed by atoms with Crippen molar-refractivity contribution < 1.29 is 9.59 Å². The van der Waals surface area contributed by atoms with Gasteiger partial charge in [0.2, 0.25) is 0 Å². The Morgan fingerprint density at radius 3 is 2.50 bits per heavy atom. The minimum Gasteiger partial charge on any atom is -0.351 e. The number of carbonyl (C=O) groups excluding carboxylic acids is 2. The van der Waals surface area contributed by atoms with Crippen molar-refractivity contribution in [3.05, 3.63) is 59.2 Å². The number of hydrogen-bond donors (Lipinski definition) is 2. The monoisotopic (exact) mass is 380 g/mol. The van der Waals surface area contributed by atoms with Crippen LogP contribution in [0.3, 0.4) is 0 Å². The van der Waals surface area contributed by atoms with Gasteiger partial charge in [0.1, 0.15) is 5.69 Å². The number of amides is 2. The van der Waals surface area contributed by atoms with Crippen molar-refractivity contribution in [2.45, 2.75) is 27.2 Å². The Hall–Kier alpha value is -3.42. The van der Waals surface area contributed by atoms with Gasteiger partial charge in [-0.05, 0) is 32.4 Å². The number of aromatic nitrogens is 4. The molecule has 0 aliphatic heterocycles. The van der Waals surface area contributed by atoms with Gasteiger partial charge in [-0.15, -0.1) is 0 Å². The number of rotatable bonds is 6. The zero-order chi connectivity index (χ0) is 20.3. The molecular weight excluding hydrogens is 356 g/mol. The van der Waals surface area contributed by atoms with Crippen molar-refractivity contribution in [3.8, 4) is 5.69 Å². The Morgan fingerprint density at radius 2 is 1.82 bits per heavy atom. The third-order valence-electron chi connectivity index (χ3n) is 4.46. The lowest BCUT2D eigenvalue weighted by Gasteiger charge is -2.09. The molecule has 0 atom stereocenters. The number of carbonyl (C=O) groups is 2. The summed E-state index contributed by atoms with van der Waals surface area (Å²) in [4.78, 5) is 25.4. The third-order valence-corrected chi connectivity index (χ3v) is 4.46.